The van der Waals surface area contributed by atoms with E-state index < -0.39 is 0 Å². The Labute approximate surface area is 156 Å². The quantitative estimate of drug-likeness (QED) is 0.721. The molecule has 0 saturated carbocycles. The Morgan fingerprint density at radius 1 is 1.27 bits per heavy atom. The van der Waals surface area contributed by atoms with E-state index >= 15 is 0 Å². The van der Waals surface area contributed by atoms with E-state index in [1.165, 1.54) is 11.3 Å². The smallest absolute Gasteiger partial charge is 0.261 e. The molecule has 2 heterocycles. The number of pyridine rings is 1. The van der Waals surface area contributed by atoms with Crippen LogP contribution in [-0.4, -0.2) is 29.1 Å². The molecule has 0 atom stereocenters. The molecule has 7 heteroatoms. The molecule has 0 radical (unpaired) electrons. The fourth-order valence-corrected chi connectivity index (χ4v) is 3.56. The van der Waals surface area contributed by atoms with Crippen molar-refractivity contribution in [2.45, 2.75) is 33.8 Å². The van der Waals surface area contributed by atoms with Crippen molar-refractivity contribution in [2.75, 3.05) is 12.4 Å². The van der Waals surface area contributed by atoms with Crippen LogP contribution in [0.1, 0.15) is 34.8 Å². The van der Waals surface area contributed by atoms with Crippen LogP contribution >= 0.6 is 11.3 Å². The number of hydrogen-bond acceptors (Lipinski definition) is 6. The summed E-state index contributed by atoms with van der Waals surface area (Å²) in [7, 11) is 1.56. The molecule has 0 saturated heterocycles. The van der Waals surface area contributed by atoms with Gasteiger partial charge in [-0.05, 0) is 45.4 Å². The van der Waals surface area contributed by atoms with Gasteiger partial charge < -0.3 is 14.8 Å². The van der Waals surface area contributed by atoms with Crippen LogP contribution in [0, 0.1) is 13.8 Å². The highest BCUT2D eigenvalue weighted by molar-refractivity contribution is 7.19. The van der Waals surface area contributed by atoms with Gasteiger partial charge in [0.1, 0.15) is 11.3 Å². The summed E-state index contributed by atoms with van der Waals surface area (Å²) in [5, 5.41) is 3.84. The van der Waals surface area contributed by atoms with Crippen molar-refractivity contribution in [3.05, 3.63) is 40.5 Å². The predicted molar refractivity (Wildman–Crippen MR) is 104 cm³/mol. The Hall–Kier alpha value is -2.67. The second-order valence-corrected chi connectivity index (χ2v) is 7.39. The number of anilines is 1. The first-order valence-electron chi connectivity index (χ1n) is 8.28. The molecule has 0 bridgehead atoms. The van der Waals surface area contributed by atoms with E-state index in [1.54, 1.807) is 25.4 Å². The number of rotatable bonds is 5. The van der Waals surface area contributed by atoms with E-state index in [9.17, 15) is 4.79 Å². The first kappa shape index (κ1) is 18.1. The third kappa shape index (κ3) is 3.62. The van der Waals surface area contributed by atoms with Crippen molar-refractivity contribution in [1.29, 1.82) is 0 Å². The summed E-state index contributed by atoms with van der Waals surface area (Å²) in [5.74, 6) is 0.808. The van der Waals surface area contributed by atoms with Gasteiger partial charge in [0, 0.05) is 6.07 Å². The summed E-state index contributed by atoms with van der Waals surface area (Å²) in [6, 6.07) is 5.46. The lowest BCUT2D eigenvalue weighted by atomic mass is 10.1. The second-order valence-electron chi connectivity index (χ2n) is 6.18. The summed E-state index contributed by atoms with van der Waals surface area (Å²) >= 11 is 1.48. The highest BCUT2D eigenvalue weighted by atomic mass is 32.1. The van der Waals surface area contributed by atoms with Crippen molar-refractivity contribution in [2.24, 2.45) is 0 Å². The van der Waals surface area contributed by atoms with Crippen LogP contribution in [0.3, 0.4) is 0 Å². The molecule has 0 aliphatic carbocycles. The highest BCUT2D eigenvalue weighted by Gasteiger charge is 2.21. The maximum atomic E-state index is 13.1. The Bertz CT molecular complexity index is 966. The fraction of sp³-hybridized carbons (Fsp3) is 0.316. The first-order valence-corrected chi connectivity index (χ1v) is 9.09. The number of fused-ring (bicyclic) bond motifs is 1. The summed E-state index contributed by atoms with van der Waals surface area (Å²) in [4.78, 5) is 21.7. The predicted octanol–water partition coefficient (Wildman–Crippen LogP) is 4.36. The molecule has 0 aliphatic rings. The van der Waals surface area contributed by atoms with Crippen LogP contribution in [0.5, 0.6) is 11.6 Å². The molecule has 0 unspecified atom stereocenters. The maximum Gasteiger partial charge on any atom is 0.261 e. The maximum absolute atomic E-state index is 13.1. The lowest BCUT2D eigenvalue weighted by Gasteiger charge is -2.15. The minimum atomic E-state index is -0.245. The van der Waals surface area contributed by atoms with Crippen LogP contribution in [-0.2, 0) is 0 Å². The zero-order valence-electron chi connectivity index (χ0n) is 15.4. The molecular weight excluding hydrogens is 350 g/mol. The second kappa shape index (κ2) is 7.29. The van der Waals surface area contributed by atoms with Gasteiger partial charge in [-0.1, -0.05) is 0 Å². The number of benzene rings is 1. The van der Waals surface area contributed by atoms with Gasteiger partial charge in [-0.2, -0.15) is 0 Å². The number of amides is 1. The normalized spacial score (nSPS) is 11.0. The molecule has 0 spiro atoms. The molecule has 1 N–H and O–H groups in total. The molecule has 1 amide bonds. The molecule has 26 heavy (non-hydrogen) atoms. The van der Waals surface area contributed by atoms with E-state index in [2.05, 4.69) is 15.3 Å². The number of nitrogens with zero attached hydrogens (tertiary/aromatic N) is 2. The van der Waals surface area contributed by atoms with E-state index in [4.69, 9.17) is 9.47 Å². The van der Waals surface area contributed by atoms with Crippen molar-refractivity contribution in [3.8, 4) is 11.6 Å². The number of aromatic nitrogens is 2. The summed E-state index contributed by atoms with van der Waals surface area (Å²) in [5.41, 5.74) is 2.78. The molecular formula is C19H21N3O3S. The van der Waals surface area contributed by atoms with Gasteiger partial charge in [-0.15, -0.1) is 11.3 Å². The van der Waals surface area contributed by atoms with E-state index in [0.29, 0.717) is 22.9 Å². The Morgan fingerprint density at radius 2 is 2.04 bits per heavy atom. The first-order chi connectivity index (χ1) is 12.4. The largest absolute Gasteiger partial charge is 0.490 e. The van der Waals surface area contributed by atoms with E-state index in [0.717, 1.165) is 20.8 Å². The van der Waals surface area contributed by atoms with Gasteiger partial charge in [0.05, 0.1) is 40.3 Å². The third-order valence-electron chi connectivity index (χ3n) is 3.76. The number of carbonyl (C=O) groups is 1. The topological polar surface area (TPSA) is 73.3 Å². The standard InChI is InChI=1S/C19H21N3O3S/c1-10(2)25-15-7-6-13-18(26-12(4)21-13)17(15)19(23)22-14-9-20-16(24-5)8-11(14)3/h6-10H,1-5H3,(H,22,23). The van der Waals surface area contributed by atoms with Gasteiger partial charge in [0.15, 0.2) is 0 Å². The number of methoxy groups -OCH3 is 1. The number of thiazole rings is 1. The zero-order valence-corrected chi connectivity index (χ0v) is 16.2. The Kier molecular flexibility index (Phi) is 5.08. The number of carbonyl (C=O) groups excluding carboxylic acids is 1. The van der Waals surface area contributed by atoms with Crippen molar-refractivity contribution in [3.63, 3.8) is 0 Å². The third-order valence-corrected chi connectivity index (χ3v) is 4.76. The van der Waals surface area contributed by atoms with Gasteiger partial charge in [0.2, 0.25) is 5.88 Å². The van der Waals surface area contributed by atoms with Gasteiger partial charge in [0.25, 0.3) is 5.91 Å². The lowest BCUT2D eigenvalue weighted by molar-refractivity contribution is 0.102. The number of nitrogens with one attached hydrogen (secondary N) is 1. The zero-order chi connectivity index (χ0) is 18.8. The average Bonchev–Trinajstić information content (AvgIpc) is 2.96. The van der Waals surface area contributed by atoms with Crippen LogP contribution < -0.4 is 14.8 Å². The van der Waals surface area contributed by atoms with Crippen LogP contribution in [0.4, 0.5) is 5.69 Å². The van der Waals surface area contributed by atoms with Crippen LogP contribution in [0.15, 0.2) is 24.4 Å². The van der Waals surface area contributed by atoms with Crippen LogP contribution in [0.25, 0.3) is 10.2 Å². The monoisotopic (exact) mass is 371 g/mol. The van der Waals surface area contributed by atoms with Crippen molar-refractivity contribution in [1.82, 2.24) is 9.97 Å². The summed E-state index contributed by atoms with van der Waals surface area (Å²) in [6.07, 6.45) is 1.55. The Balaban J connectivity index is 2.03. The Morgan fingerprint density at radius 3 is 2.69 bits per heavy atom. The summed E-state index contributed by atoms with van der Waals surface area (Å²) < 4.78 is 11.8. The van der Waals surface area contributed by atoms with Gasteiger partial charge in [-0.3, -0.25) is 4.79 Å². The number of aryl methyl sites for hydroxylation is 2. The molecule has 6 nitrogen and oxygen atoms in total. The molecule has 3 rings (SSSR count). The van der Waals surface area contributed by atoms with Gasteiger partial charge in [-0.25, -0.2) is 9.97 Å². The molecule has 0 aliphatic heterocycles. The minimum Gasteiger partial charge on any atom is -0.490 e. The molecule has 2 aromatic heterocycles. The fourth-order valence-electron chi connectivity index (χ4n) is 2.61. The molecule has 136 valence electrons. The minimum absolute atomic E-state index is 0.0441. The van der Waals surface area contributed by atoms with E-state index in [-0.39, 0.29) is 12.0 Å². The number of hydrogen-bond donors (Lipinski definition) is 1. The van der Waals surface area contributed by atoms with E-state index in [1.807, 2.05) is 33.8 Å². The molecule has 1 aromatic carbocycles. The molecule has 3 aromatic rings. The average molecular weight is 371 g/mol. The van der Waals surface area contributed by atoms with Crippen molar-refractivity contribution >= 4 is 33.1 Å². The number of ether oxygens (including phenoxy) is 2. The highest BCUT2D eigenvalue weighted by Crippen LogP contribution is 2.33. The van der Waals surface area contributed by atoms with Crippen LogP contribution in [0.2, 0.25) is 0 Å². The summed E-state index contributed by atoms with van der Waals surface area (Å²) in [6.45, 7) is 7.68. The SMILES string of the molecule is COc1cc(C)c(NC(=O)c2c(OC(C)C)ccc3nc(C)sc23)cn1. The molecule has 0 fully saturated rings. The van der Waals surface area contributed by atoms with Crippen molar-refractivity contribution < 1.29 is 14.3 Å². The lowest BCUT2D eigenvalue weighted by Crippen LogP contribution is -2.16. The van der Waals surface area contributed by atoms with Gasteiger partial charge >= 0.3 is 0 Å².